The molecule has 2 aromatic rings. The minimum Gasteiger partial charge on any atom is -0.366 e. The summed E-state index contributed by atoms with van der Waals surface area (Å²) in [7, 11) is 4.02. The highest BCUT2D eigenvalue weighted by Crippen LogP contribution is 2.33. The van der Waals surface area contributed by atoms with E-state index in [-0.39, 0.29) is 5.91 Å². The third-order valence-corrected chi connectivity index (χ3v) is 4.98. The Labute approximate surface area is 129 Å². The second-order valence-electron chi connectivity index (χ2n) is 6.52. The number of amides is 1. The number of aromatic nitrogens is 3. The average molecular weight is 299 g/mol. The summed E-state index contributed by atoms with van der Waals surface area (Å²) in [5, 5.41) is 4.20. The van der Waals surface area contributed by atoms with E-state index in [4.69, 9.17) is 0 Å². The second kappa shape index (κ2) is 4.98. The molecule has 2 aliphatic heterocycles. The topological polar surface area (TPSA) is 57.2 Å². The minimum atomic E-state index is 0.142. The molecule has 6 heteroatoms. The van der Waals surface area contributed by atoms with Gasteiger partial charge in [-0.3, -0.25) is 9.48 Å². The van der Waals surface area contributed by atoms with Crippen LogP contribution in [0.3, 0.4) is 0 Å². The lowest BCUT2D eigenvalue weighted by atomic mass is 10.0. The maximum absolute atomic E-state index is 13.0. The molecule has 4 rings (SSSR count). The van der Waals surface area contributed by atoms with E-state index >= 15 is 0 Å². The van der Waals surface area contributed by atoms with E-state index in [0.717, 1.165) is 42.7 Å². The van der Waals surface area contributed by atoms with Gasteiger partial charge in [0, 0.05) is 62.4 Å². The van der Waals surface area contributed by atoms with Gasteiger partial charge >= 0.3 is 0 Å². The first-order chi connectivity index (χ1) is 10.6. The van der Waals surface area contributed by atoms with Crippen molar-refractivity contribution in [2.45, 2.75) is 12.5 Å². The predicted molar refractivity (Wildman–Crippen MR) is 83.4 cm³/mol. The molecule has 2 fully saturated rings. The zero-order valence-electron chi connectivity index (χ0n) is 13.0. The number of carbonyl (C=O) groups excluding carboxylic acids is 1. The van der Waals surface area contributed by atoms with Crippen LogP contribution in [0.5, 0.6) is 0 Å². The van der Waals surface area contributed by atoms with Crippen LogP contribution in [0, 0.1) is 5.92 Å². The fourth-order valence-electron chi connectivity index (χ4n) is 3.92. The number of hydrogen-bond acceptors (Lipinski definition) is 3. The van der Waals surface area contributed by atoms with Gasteiger partial charge in [0.05, 0.1) is 11.8 Å². The quantitative estimate of drug-likeness (QED) is 0.906. The van der Waals surface area contributed by atoms with Crippen LogP contribution < -0.4 is 0 Å². The fourth-order valence-corrected chi connectivity index (χ4v) is 3.92. The van der Waals surface area contributed by atoms with Crippen molar-refractivity contribution in [2.75, 3.05) is 26.7 Å². The van der Waals surface area contributed by atoms with Crippen LogP contribution in [0.4, 0.5) is 0 Å². The molecule has 22 heavy (non-hydrogen) atoms. The first kappa shape index (κ1) is 13.6. The number of likely N-dealkylation sites (tertiary alicyclic amines) is 2. The van der Waals surface area contributed by atoms with Gasteiger partial charge in [0.1, 0.15) is 0 Å². The van der Waals surface area contributed by atoms with E-state index < -0.39 is 0 Å². The molecule has 6 nitrogen and oxygen atoms in total. The Morgan fingerprint density at radius 1 is 1.32 bits per heavy atom. The van der Waals surface area contributed by atoms with E-state index in [1.807, 2.05) is 25.6 Å². The van der Waals surface area contributed by atoms with Crippen LogP contribution in [-0.2, 0) is 7.05 Å². The maximum Gasteiger partial charge on any atom is 0.256 e. The number of nitrogens with one attached hydrogen (secondary N) is 1. The van der Waals surface area contributed by atoms with Crippen molar-refractivity contribution in [2.24, 2.45) is 13.0 Å². The molecule has 0 spiro atoms. The molecule has 0 aliphatic carbocycles. The van der Waals surface area contributed by atoms with Crippen molar-refractivity contribution in [3.8, 4) is 11.1 Å². The number of hydrogen-bond donors (Lipinski definition) is 1. The summed E-state index contributed by atoms with van der Waals surface area (Å²) >= 11 is 0. The van der Waals surface area contributed by atoms with E-state index in [0.29, 0.717) is 12.0 Å². The average Bonchev–Trinajstić information content (AvgIpc) is 3.20. The van der Waals surface area contributed by atoms with Crippen molar-refractivity contribution in [3.05, 3.63) is 30.4 Å². The van der Waals surface area contributed by atoms with Crippen molar-refractivity contribution >= 4 is 5.91 Å². The van der Waals surface area contributed by atoms with Crippen molar-refractivity contribution < 1.29 is 4.79 Å². The predicted octanol–water partition coefficient (Wildman–Crippen LogP) is 1.19. The van der Waals surface area contributed by atoms with Gasteiger partial charge in [-0.1, -0.05) is 0 Å². The molecule has 2 atom stereocenters. The zero-order valence-corrected chi connectivity index (χ0v) is 13.0. The van der Waals surface area contributed by atoms with E-state index in [2.05, 4.69) is 26.9 Å². The van der Waals surface area contributed by atoms with E-state index in [1.54, 1.807) is 10.9 Å². The number of rotatable bonds is 2. The van der Waals surface area contributed by atoms with Gasteiger partial charge in [-0.2, -0.15) is 5.10 Å². The molecule has 0 bridgehead atoms. The van der Waals surface area contributed by atoms with Gasteiger partial charge in [-0.25, -0.2) is 0 Å². The van der Waals surface area contributed by atoms with Crippen LogP contribution >= 0.6 is 0 Å². The Morgan fingerprint density at radius 2 is 2.18 bits per heavy atom. The molecule has 2 saturated heterocycles. The molecule has 4 heterocycles. The molecule has 2 unspecified atom stereocenters. The second-order valence-corrected chi connectivity index (χ2v) is 6.52. The lowest BCUT2D eigenvalue weighted by molar-refractivity contribution is 0.0730. The van der Waals surface area contributed by atoms with Crippen LogP contribution in [0.1, 0.15) is 16.8 Å². The summed E-state index contributed by atoms with van der Waals surface area (Å²) in [6.07, 6.45) is 8.56. The molecule has 1 N–H and O–H groups in total. The highest BCUT2D eigenvalue weighted by atomic mass is 16.2. The SMILES string of the molecule is CN1CC2CCN(C(=O)c3c[nH]cc3-c3cnn(C)c3)C2C1. The first-order valence-electron chi connectivity index (χ1n) is 7.79. The smallest absolute Gasteiger partial charge is 0.256 e. The molecule has 2 aliphatic rings. The number of aromatic amines is 1. The summed E-state index contributed by atoms with van der Waals surface area (Å²) in [6.45, 7) is 2.97. The summed E-state index contributed by atoms with van der Waals surface area (Å²) in [5.41, 5.74) is 2.67. The highest BCUT2D eigenvalue weighted by molar-refractivity contribution is 6.01. The van der Waals surface area contributed by atoms with Gasteiger partial charge in [-0.15, -0.1) is 0 Å². The number of carbonyl (C=O) groups is 1. The van der Waals surface area contributed by atoms with Crippen molar-refractivity contribution in [1.82, 2.24) is 24.6 Å². The third-order valence-electron chi connectivity index (χ3n) is 4.98. The van der Waals surface area contributed by atoms with Gasteiger partial charge < -0.3 is 14.8 Å². The van der Waals surface area contributed by atoms with Crippen LogP contribution in [-0.4, -0.2) is 63.2 Å². The maximum atomic E-state index is 13.0. The first-order valence-corrected chi connectivity index (χ1v) is 7.79. The van der Waals surface area contributed by atoms with Gasteiger partial charge in [0.25, 0.3) is 5.91 Å². The van der Waals surface area contributed by atoms with Gasteiger partial charge in [0.15, 0.2) is 0 Å². The standard InChI is InChI=1S/C16H21N5O/c1-19-8-11-3-4-21(15(11)10-19)16(22)14-7-17-6-13(14)12-5-18-20(2)9-12/h5-7,9,11,15,17H,3-4,8,10H2,1-2H3. The highest BCUT2D eigenvalue weighted by Gasteiger charge is 2.42. The normalized spacial score (nSPS) is 24.9. The largest absolute Gasteiger partial charge is 0.366 e. The Kier molecular flexibility index (Phi) is 3.07. The lowest BCUT2D eigenvalue weighted by Gasteiger charge is -2.24. The summed E-state index contributed by atoms with van der Waals surface area (Å²) in [4.78, 5) is 20.5. The number of fused-ring (bicyclic) bond motifs is 1. The molecular formula is C16H21N5O. The summed E-state index contributed by atoms with van der Waals surface area (Å²) in [5.74, 6) is 0.776. The number of H-pyrrole nitrogens is 1. The van der Waals surface area contributed by atoms with Gasteiger partial charge in [-0.05, 0) is 19.4 Å². The Bertz CT molecular complexity index is 703. The molecule has 0 saturated carbocycles. The Morgan fingerprint density at radius 3 is 2.95 bits per heavy atom. The molecular weight excluding hydrogens is 278 g/mol. The molecule has 0 radical (unpaired) electrons. The monoisotopic (exact) mass is 299 g/mol. The molecule has 0 aromatic carbocycles. The summed E-state index contributed by atoms with van der Waals surface area (Å²) in [6, 6.07) is 0.370. The van der Waals surface area contributed by atoms with Crippen molar-refractivity contribution in [1.29, 1.82) is 0 Å². The number of aryl methyl sites for hydroxylation is 1. The Hall–Kier alpha value is -2.08. The third kappa shape index (κ3) is 2.06. The van der Waals surface area contributed by atoms with Crippen LogP contribution in [0.15, 0.2) is 24.8 Å². The molecule has 116 valence electrons. The number of nitrogens with zero attached hydrogens (tertiary/aromatic N) is 4. The Balaban J connectivity index is 1.63. The molecule has 2 aromatic heterocycles. The zero-order chi connectivity index (χ0) is 15.3. The molecule has 1 amide bonds. The van der Waals surface area contributed by atoms with Crippen LogP contribution in [0.2, 0.25) is 0 Å². The number of likely N-dealkylation sites (N-methyl/N-ethyl adjacent to an activating group) is 1. The minimum absolute atomic E-state index is 0.142. The van der Waals surface area contributed by atoms with Gasteiger partial charge in [0.2, 0.25) is 0 Å². The lowest BCUT2D eigenvalue weighted by Crippen LogP contribution is -2.39. The summed E-state index contributed by atoms with van der Waals surface area (Å²) < 4.78 is 1.76. The van der Waals surface area contributed by atoms with Crippen LogP contribution in [0.25, 0.3) is 11.1 Å². The van der Waals surface area contributed by atoms with E-state index in [9.17, 15) is 4.79 Å². The van der Waals surface area contributed by atoms with Crippen molar-refractivity contribution in [3.63, 3.8) is 0 Å². The fraction of sp³-hybridized carbons (Fsp3) is 0.500. The van der Waals surface area contributed by atoms with E-state index in [1.165, 1.54) is 0 Å².